The zero-order chi connectivity index (χ0) is 14.4. The maximum Gasteiger partial charge on any atom is 0.419 e. The van der Waals surface area contributed by atoms with Crippen molar-refractivity contribution in [3.05, 3.63) is 35.1 Å². The summed E-state index contributed by atoms with van der Waals surface area (Å²) in [6.45, 7) is 1.22. The molecule has 0 radical (unpaired) electrons. The Morgan fingerprint density at radius 1 is 1.20 bits per heavy atom. The monoisotopic (exact) mass is 287 g/mol. The molecule has 110 valence electrons. The molecule has 2 fully saturated rings. The van der Waals surface area contributed by atoms with E-state index in [4.69, 9.17) is 0 Å². The highest BCUT2D eigenvalue weighted by atomic mass is 19.4. The van der Waals surface area contributed by atoms with Gasteiger partial charge < -0.3 is 5.32 Å². The van der Waals surface area contributed by atoms with Gasteiger partial charge in [-0.2, -0.15) is 13.2 Å². The Bertz CT molecular complexity index is 501. The number of halogens is 4. The van der Waals surface area contributed by atoms with Gasteiger partial charge in [0.15, 0.2) is 0 Å². The lowest BCUT2D eigenvalue weighted by molar-refractivity contribution is -0.140. The molecule has 1 nitrogen and oxygen atoms in total. The molecule has 0 spiro atoms. The van der Waals surface area contributed by atoms with Crippen LogP contribution in [0.3, 0.4) is 0 Å². The number of hydrogen-bond donors (Lipinski definition) is 1. The molecule has 0 atom stereocenters. The van der Waals surface area contributed by atoms with Gasteiger partial charge in [-0.15, -0.1) is 0 Å². The summed E-state index contributed by atoms with van der Waals surface area (Å²) in [5, 5.41) is 3.23. The van der Waals surface area contributed by atoms with Crippen LogP contribution in [-0.4, -0.2) is 6.54 Å². The van der Waals surface area contributed by atoms with E-state index in [1.54, 1.807) is 0 Å². The minimum atomic E-state index is -4.63. The molecule has 20 heavy (non-hydrogen) atoms. The second-order valence-corrected chi connectivity index (χ2v) is 6.05. The Morgan fingerprint density at radius 3 is 2.45 bits per heavy atom. The summed E-state index contributed by atoms with van der Waals surface area (Å²) < 4.78 is 51.0. The Hall–Kier alpha value is -1.10. The molecular formula is C15H17F4N. The van der Waals surface area contributed by atoms with E-state index in [-0.39, 0.29) is 0 Å². The van der Waals surface area contributed by atoms with E-state index in [0.717, 1.165) is 24.6 Å². The quantitative estimate of drug-likeness (QED) is 0.803. The standard InChI is InChI=1S/C15H17F4N/c16-13-4-1-10(7-12(13)15(17,18)19)8-20-9-14(5-6-14)11-2-3-11/h1,4,7,11,20H,2-3,5-6,8-9H2. The highest BCUT2D eigenvalue weighted by Crippen LogP contribution is 2.60. The summed E-state index contributed by atoms with van der Waals surface area (Å²) in [5.74, 6) is -0.396. The molecule has 0 bridgehead atoms. The van der Waals surface area contributed by atoms with E-state index in [1.807, 2.05) is 0 Å². The van der Waals surface area contributed by atoms with Crippen LogP contribution in [0.25, 0.3) is 0 Å². The largest absolute Gasteiger partial charge is 0.419 e. The predicted octanol–water partition coefficient (Wildman–Crippen LogP) is 4.12. The smallest absolute Gasteiger partial charge is 0.312 e. The number of hydrogen-bond acceptors (Lipinski definition) is 1. The summed E-state index contributed by atoms with van der Waals surface area (Å²) in [6.07, 6.45) is 0.391. The molecule has 0 aromatic heterocycles. The molecule has 1 aromatic rings. The van der Waals surface area contributed by atoms with Gasteiger partial charge in [0.25, 0.3) is 0 Å². The lowest BCUT2D eigenvalue weighted by Gasteiger charge is -2.15. The fourth-order valence-electron chi connectivity index (χ4n) is 2.94. The summed E-state index contributed by atoms with van der Waals surface area (Å²) in [6, 6.07) is 3.21. The molecule has 5 heteroatoms. The third-order valence-electron chi connectivity index (χ3n) is 4.48. The van der Waals surface area contributed by atoms with Crippen LogP contribution in [0.1, 0.15) is 36.8 Å². The highest BCUT2D eigenvalue weighted by Gasteiger charge is 2.53. The average Bonchev–Trinajstić information content (AvgIpc) is 3.23. The van der Waals surface area contributed by atoms with Crippen LogP contribution < -0.4 is 5.32 Å². The fraction of sp³-hybridized carbons (Fsp3) is 0.600. The summed E-state index contributed by atoms with van der Waals surface area (Å²) in [7, 11) is 0. The minimum Gasteiger partial charge on any atom is -0.312 e. The lowest BCUT2D eigenvalue weighted by Crippen LogP contribution is -2.25. The first kappa shape index (κ1) is 13.9. The van der Waals surface area contributed by atoms with Gasteiger partial charge in [0, 0.05) is 13.1 Å². The van der Waals surface area contributed by atoms with E-state index < -0.39 is 17.6 Å². The van der Waals surface area contributed by atoms with E-state index in [9.17, 15) is 17.6 Å². The van der Waals surface area contributed by atoms with Gasteiger partial charge in [0.05, 0.1) is 5.56 Å². The molecule has 0 heterocycles. The van der Waals surface area contributed by atoms with Gasteiger partial charge in [0.1, 0.15) is 5.82 Å². The van der Waals surface area contributed by atoms with Crippen LogP contribution in [0.2, 0.25) is 0 Å². The van der Waals surface area contributed by atoms with Crippen molar-refractivity contribution in [3.63, 3.8) is 0 Å². The molecule has 2 aliphatic rings. The van der Waals surface area contributed by atoms with Crippen molar-refractivity contribution < 1.29 is 17.6 Å². The molecule has 0 amide bonds. The van der Waals surface area contributed by atoms with Crippen LogP contribution in [0.15, 0.2) is 18.2 Å². The highest BCUT2D eigenvalue weighted by molar-refractivity contribution is 5.27. The summed E-state index contributed by atoms with van der Waals surface area (Å²) in [4.78, 5) is 0. The van der Waals surface area contributed by atoms with Crippen molar-refractivity contribution in [1.82, 2.24) is 5.32 Å². The maximum atomic E-state index is 13.2. The van der Waals surface area contributed by atoms with Crippen molar-refractivity contribution >= 4 is 0 Å². The third-order valence-corrected chi connectivity index (χ3v) is 4.48. The fourth-order valence-corrected chi connectivity index (χ4v) is 2.94. The first-order valence-corrected chi connectivity index (χ1v) is 6.97. The third kappa shape index (κ3) is 2.82. The summed E-state index contributed by atoms with van der Waals surface area (Å²) in [5.41, 5.74) is -0.294. The average molecular weight is 287 g/mol. The zero-order valence-corrected chi connectivity index (χ0v) is 11.1. The van der Waals surface area contributed by atoms with Crippen LogP contribution >= 0.6 is 0 Å². The van der Waals surface area contributed by atoms with E-state index >= 15 is 0 Å². The van der Waals surface area contributed by atoms with Gasteiger partial charge in [-0.25, -0.2) is 4.39 Å². The molecule has 0 unspecified atom stereocenters. The van der Waals surface area contributed by atoms with Crippen LogP contribution in [-0.2, 0) is 12.7 Å². The van der Waals surface area contributed by atoms with Gasteiger partial charge >= 0.3 is 6.18 Å². The molecule has 1 N–H and O–H groups in total. The molecule has 2 saturated carbocycles. The van der Waals surface area contributed by atoms with E-state index in [1.165, 1.54) is 31.7 Å². The van der Waals surface area contributed by atoms with E-state index in [0.29, 0.717) is 17.5 Å². The molecule has 1 aromatic carbocycles. The second kappa shape index (κ2) is 4.72. The van der Waals surface area contributed by atoms with Gasteiger partial charge in [-0.3, -0.25) is 0 Å². The topological polar surface area (TPSA) is 12.0 Å². The van der Waals surface area contributed by atoms with Crippen molar-refractivity contribution in [1.29, 1.82) is 0 Å². The van der Waals surface area contributed by atoms with Crippen molar-refractivity contribution in [3.8, 4) is 0 Å². The summed E-state index contributed by atoms with van der Waals surface area (Å²) >= 11 is 0. The van der Waals surface area contributed by atoms with Gasteiger partial charge in [0.2, 0.25) is 0 Å². The number of alkyl halides is 3. The van der Waals surface area contributed by atoms with Crippen molar-refractivity contribution in [2.24, 2.45) is 11.3 Å². The molecule has 0 aliphatic heterocycles. The van der Waals surface area contributed by atoms with Gasteiger partial charge in [-0.1, -0.05) is 6.07 Å². The number of nitrogens with one attached hydrogen (secondary N) is 1. The first-order valence-electron chi connectivity index (χ1n) is 6.97. The molecule has 2 aliphatic carbocycles. The van der Waals surface area contributed by atoms with Crippen molar-refractivity contribution in [2.75, 3.05) is 6.54 Å². The Morgan fingerprint density at radius 2 is 1.90 bits per heavy atom. The number of benzene rings is 1. The minimum absolute atomic E-state index is 0.359. The second-order valence-electron chi connectivity index (χ2n) is 6.05. The van der Waals surface area contributed by atoms with Crippen molar-refractivity contribution in [2.45, 2.75) is 38.4 Å². The lowest BCUT2D eigenvalue weighted by atomic mass is 10.0. The SMILES string of the molecule is Fc1ccc(CNCC2(C3CC3)CC2)cc1C(F)(F)F. The Kier molecular flexibility index (Phi) is 3.27. The zero-order valence-electron chi connectivity index (χ0n) is 11.1. The Labute approximate surface area is 115 Å². The van der Waals surface area contributed by atoms with Crippen LogP contribution in [0.5, 0.6) is 0 Å². The van der Waals surface area contributed by atoms with Crippen LogP contribution in [0.4, 0.5) is 17.6 Å². The van der Waals surface area contributed by atoms with Gasteiger partial charge in [-0.05, 0) is 54.7 Å². The normalized spacial score (nSPS) is 21.0. The first-order chi connectivity index (χ1) is 9.41. The molecule has 3 rings (SSSR count). The molecule has 0 saturated heterocycles. The van der Waals surface area contributed by atoms with E-state index in [2.05, 4.69) is 5.32 Å². The maximum absolute atomic E-state index is 13.2. The Balaban J connectivity index is 1.60. The molecular weight excluding hydrogens is 270 g/mol. The number of rotatable bonds is 5. The predicted molar refractivity (Wildman–Crippen MR) is 67.5 cm³/mol. The van der Waals surface area contributed by atoms with Crippen LogP contribution in [0, 0.1) is 17.2 Å².